The highest BCUT2D eigenvalue weighted by Gasteiger charge is 2.15. The second kappa shape index (κ2) is 6.83. The largest absolute Gasteiger partial charge is 0.0622 e. The third-order valence-corrected chi connectivity index (χ3v) is 4.90. The fourth-order valence-electron chi connectivity index (χ4n) is 3.26. The van der Waals surface area contributed by atoms with E-state index in [9.17, 15) is 0 Å². The molecule has 0 bridgehead atoms. The molecule has 1 atom stereocenters. The molecule has 0 saturated carbocycles. The summed E-state index contributed by atoms with van der Waals surface area (Å²) in [4.78, 5) is 0. The molecule has 0 amide bonds. The lowest BCUT2D eigenvalue weighted by molar-refractivity contribution is 0.891. The highest BCUT2D eigenvalue weighted by molar-refractivity contribution is 5.47. The van der Waals surface area contributed by atoms with Gasteiger partial charge in [-0.05, 0) is 53.6 Å². The number of aryl methyl sites for hydroxylation is 1. The van der Waals surface area contributed by atoms with E-state index in [4.69, 9.17) is 0 Å². The van der Waals surface area contributed by atoms with Gasteiger partial charge in [0.2, 0.25) is 0 Å². The van der Waals surface area contributed by atoms with Gasteiger partial charge in [0.25, 0.3) is 0 Å². The molecule has 0 aliphatic carbocycles. The number of hydrogen-bond acceptors (Lipinski definition) is 0. The number of hydrogen-bond donors (Lipinski definition) is 0. The van der Waals surface area contributed by atoms with Crippen LogP contribution in [-0.4, -0.2) is 0 Å². The summed E-state index contributed by atoms with van der Waals surface area (Å²) in [6.45, 7) is 6.78. The van der Waals surface area contributed by atoms with Crippen LogP contribution in [0.25, 0.3) is 0 Å². The van der Waals surface area contributed by atoms with Crippen molar-refractivity contribution in [2.24, 2.45) is 0 Å². The first-order valence-corrected chi connectivity index (χ1v) is 8.34. The monoisotopic (exact) mass is 300 g/mol. The third-order valence-electron chi connectivity index (χ3n) is 4.90. The van der Waals surface area contributed by atoms with Gasteiger partial charge in [0.15, 0.2) is 0 Å². The van der Waals surface area contributed by atoms with E-state index in [0.717, 1.165) is 6.42 Å². The zero-order valence-electron chi connectivity index (χ0n) is 14.2. The Hall–Kier alpha value is -2.34. The minimum Gasteiger partial charge on any atom is -0.0622 e. The standard InChI is InChI=1S/C23H24/c1-17-14-15-22(19(3)21-12-8-5-9-13-21)23(18(17)2)16-20-10-6-4-7-11-20/h4-15,19H,16H2,1-3H3. The van der Waals surface area contributed by atoms with Crippen molar-refractivity contribution in [1.29, 1.82) is 0 Å². The molecule has 0 heterocycles. The SMILES string of the molecule is Cc1ccc(C(C)c2ccccc2)c(Cc2ccccc2)c1C. The van der Waals surface area contributed by atoms with Gasteiger partial charge >= 0.3 is 0 Å². The predicted molar refractivity (Wildman–Crippen MR) is 99.1 cm³/mol. The molecule has 0 nitrogen and oxygen atoms in total. The highest BCUT2D eigenvalue weighted by atomic mass is 14.2. The van der Waals surface area contributed by atoms with Crippen LogP contribution in [0.5, 0.6) is 0 Å². The van der Waals surface area contributed by atoms with Gasteiger partial charge in [-0.25, -0.2) is 0 Å². The summed E-state index contributed by atoms with van der Waals surface area (Å²) in [6, 6.07) is 26.2. The molecule has 0 radical (unpaired) electrons. The van der Waals surface area contributed by atoms with Gasteiger partial charge < -0.3 is 0 Å². The molecular formula is C23H24. The molecule has 3 rings (SSSR count). The lowest BCUT2D eigenvalue weighted by Gasteiger charge is -2.21. The maximum Gasteiger partial charge on any atom is 0.00639 e. The summed E-state index contributed by atoms with van der Waals surface area (Å²) >= 11 is 0. The normalized spacial score (nSPS) is 12.1. The lowest BCUT2D eigenvalue weighted by atomic mass is 9.84. The molecule has 0 aliphatic heterocycles. The van der Waals surface area contributed by atoms with Crippen LogP contribution in [-0.2, 0) is 6.42 Å². The van der Waals surface area contributed by atoms with Crippen LogP contribution < -0.4 is 0 Å². The van der Waals surface area contributed by atoms with Crippen LogP contribution in [0.2, 0.25) is 0 Å². The molecular weight excluding hydrogens is 276 g/mol. The zero-order valence-corrected chi connectivity index (χ0v) is 14.2. The molecule has 1 unspecified atom stereocenters. The summed E-state index contributed by atoms with van der Waals surface area (Å²) in [6.07, 6.45) is 1.00. The fourth-order valence-corrected chi connectivity index (χ4v) is 3.26. The minimum atomic E-state index is 0.411. The maximum atomic E-state index is 2.32. The van der Waals surface area contributed by atoms with Crippen LogP contribution in [0.4, 0.5) is 0 Å². The van der Waals surface area contributed by atoms with Crippen LogP contribution >= 0.6 is 0 Å². The lowest BCUT2D eigenvalue weighted by Crippen LogP contribution is -2.05. The Balaban J connectivity index is 2.05. The van der Waals surface area contributed by atoms with Crippen LogP contribution in [0.1, 0.15) is 46.2 Å². The Morgan fingerprint density at radius 3 is 2.00 bits per heavy atom. The minimum absolute atomic E-state index is 0.411. The average molecular weight is 300 g/mol. The van der Waals surface area contributed by atoms with Crippen molar-refractivity contribution >= 4 is 0 Å². The second-order valence-electron chi connectivity index (χ2n) is 6.37. The molecule has 0 aliphatic rings. The molecule has 0 heteroatoms. The van der Waals surface area contributed by atoms with Crippen molar-refractivity contribution in [2.45, 2.75) is 33.1 Å². The average Bonchev–Trinajstić information content (AvgIpc) is 2.60. The highest BCUT2D eigenvalue weighted by Crippen LogP contribution is 2.31. The maximum absolute atomic E-state index is 2.32. The Bertz CT molecular complexity index is 770. The first-order chi connectivity index (χ1) is 11.2. The molecule has 3 aromatic carbocycles. The molecule has 0 spiro atoms. The van der Waals surface area contributed by atoms with Gasteiger partial charge in [-0.3, -0.25) is 0 Å². The van der Waals surface area contributed by atoms with Crippen LogP contribution in [0.3, 0.4) is 0 Å². The van der Waals surface area contributed by atoms with Crippen molar-refractivity contribution in [3.05, 3.63) is 106 Å². The van der Waals surface area contributed by atoms with Crippen molar-refractivity contribution in [3.63, 3.8) is 0 Å². The summed E-state index contributed by atoms with van der Waals surface area (Å²) in [7, 11) is 0. The molecule has 0 fully saturated rings. The first-order valence-electron chi connectivity index (χ1n) is 8.34. The van der Waals surface area contributed by atoms with E-state index < -0.39 is 0 Å². The smallest absolute Gasteiger partial charge is 0.00639 e. The predicted octanol–water partition coefficient (Wildman–Crippen LogP) is 6.05. The van der Waals surface area contributed by atoms with Crippen molar-refractivity contribution in [1.82, 2.24) is 0 Å². The number of rotatable bonds is 4. The molecule has 0 N–H and O–H groups in total. The second-order valence-corrected chi connectivity index (χ2v) is 6.37. The summed E-state index contributed by atoms with van der Waals surface area (Å²) in [5, 5.41) is 0. The molecule has 0 saturated heterocycles. The summed E-state index contributed by atoms with van der Waals surface area (Å²) in [5.74, 6) is 0.411. The first kappa shape index (κ1) is 15.6. The Morgan fingerprint density at radius 2 is 1.35 bits per heavy atom. The molecule has 116 valence electrons. The van der Waals surface area contributed by atoms with Crippen molar-refractivity contribution in [2.75, 3.05) is 0 Å². The van der Waals surface area contributed by atoms with Crippen molar-refractivity contribution in [3.8, 4) is 0 Å². The van der Waals surface area contributed by atoms with Gasteiger partial charge in [-0.2, -0.15) is 0 Å². The Labute approximate surface area is 139 Å². The van der Waals surface area contributed by atoms with Gasteiger partial charge in [-0.15, -0.1) is 0 Å². The summed E-state index contributed by atoms with van der Waals surface area (Å²) in [5.41, 5.74) is 8.48. The molecule has 23 heavy (non-hydrogen) atoms. The van der Waals surface area contributed by atoms with E-state index in [1.807, 2.05) is 0 Å². The fraction of sp³-hybridized carbons (Fsp3) is 0.217. The quantitative estimate of drug-likeness (QED) is 0.550. The van der Waals surface area contributed by atoms with Gasteiger partial charge in [0.1, 0.15) is 0 Å². The van der Waals surface area contributed by atoms with Crippen molar-refractivity contribution < 1.29 is 0 Å². The van der Waals surface area contributed by atoms with Gasteiger partial charge in [0.05, 0.1) is 0 Å². The van der Waals surface area contributed by atoms with E-state index in [1.54, 1.807) is 0 Å². The van der Waals surface area contributed by atoms with E-state index in [-0.39, 0.29) is 0 Å². The van der Waals surface area contributed by atoms with E-state index >= 15 is 0 Å². The van der Waals surface area contributed by atoms with E-state index in [1.165, 1.54) is 33.4 Å². The Kier molecular flexibility index (Phi) is 4.62. The zero-order chi connectivity index (χ0) is 16.2. The molecule has 0 aromatic heterocycles. The van der Waals surface area contributed by atoms with Gasteiger partial charge in [0, 0.05) is 5.92 Å². The van der Waals surface area contributed by atoms with Gasteiger partial charge in [-0.1, -0.05) is 79.7 Å². The Morgan fingerprint density at radius 1 is 0.739 bits per heavy atom. The summed E-state index contributed by atoms with van der Waals surface area (Å²) < 4.78 is 0. The van der Waals surface area contributed by atoms with E-state index in [2.05, 4.69) is 93.6 Å². The topological polar surface area (TPSA) is 0 Å². The van der Waals surface area contributed by atoms with Crippen LogP contribution in [0.15, 0.2) is 72.8 Å². The molecule has 3 aromatic rings. The van der Waals surface area contributed by atoms with E-state index in [0.29, 0.717) is 5.92 Å². The van der Waals surface area contributed by atoms with Crippen LogP contribution in [0, 0.1) is 13.8 Å². The number of benzene rings is 3. The third kappa shape index (κ3) is 3.37.